The number of aliphatic hydroxyl groups is 1. The van der Waals surface area contributed by atoms with E-state index in [1.165, 1.54) is 4.88 Å². The lowest BCUT2D eigenvalue weighted by Gasteiger charge is -2.33. The summed E-state index contributed by atoms with van der Waals surface area (Å²) in [6.07, 6.45) is 2.50. The minimum Gasteiger partial charge on any atom is -0.386 e. The largest absolute Gasteiger partial charge is 0.386 e. The summed E-state index contributed by atoms with van der Waals surface area (Å²) >= 11 is 1.58. The predicted molar refractivity (Wildman–Crippen MR) is 77.7 cm³/mol. The Morgan fingerprint density at radius 1 is 1.33 bits per heavy atom. The number of aromatic nitrogens is 1. The minimum atomic E-state index is -0.466. The molecule has 0 aliphatic carbocycles. The molecule has 0 aromatic carbocycles. The normalized spacial score (nSPS) is 14.8. The second-order valence-electron chi connectivity index (χ2n) is 6.82. The zero-order valence-corrected chi connectivity index (χ0v) is 13.2. The Hall–Kier alpha value is -0.450. The van der Waals surface area contributed by atoms with E-state index in [2.05, 4.69) is 44.9 Å². The molecule has 1 atom stereocenters. The number of aliphatic hydroxyl groups excluding tert-OH is 1. The van der Waals surface area contributed by atoms with Gasteiger partial charge in [-0.2, -0.15) is 0 Å². The molecular weight excluding hydrogens is 244 g/mol. The summed E-state index contributed by atoms with van der Waals surface area (Å²) in [6, 6.07) is 0. The predicted octanol–water partition coefficient (Wildman–Crippen LogP) is 3.50. The number of nitrogens with one attached hydrogen (secondary N) is 1. The summed E-state index contributed by atoms with van der Waals surface area (Å²) in [5, 5.41) is 13.8. The number of nitrogens with zero attached hydrogens (tertiary/aromatic N) is 1. The van der Waals surface area contributed by atoms with E-state index in [0.29, 0.717) is 5.41 Å². The number of hydrogen-bond donors (Lipinski definition) is 2. The Kier molecular flexibility index (Phi) is 4.92. The standard InChI is InChI=1S/C14H26N2OS/c1-10(17)12-15-7-11(18-12)8-16-14(5,6)9-13(2,3)4/h7,10,16-17H,8-9H2,1-6H3. The van der Waals surface area contributed by atoms with Crippen LogP contribution in [-0.2, 0) is 6.54 Å². The second-order valence-corrected chi connectivity index (χ2v) is 7.96. The molecule has 18 heavy (non-hydrogen) atoms. The van der Waals surface area contributed by atoms with Crippen LogP contribution >= 0.6 is 11.3 Å². The highest BCUT2D eigenvalue weighted by Gasteiger charge is 2.24. The lowest BCUT2D eigenvalue weighted by atomic mass is 9.82. The molecule has 0 spiro atoms. The van der Waals surface area contributed by atoms with Gasteiger partial charge < -0.3 is 10.4 Å². The molecule has 4 heteroatoms. The Morgan fingerprint density at radius 3 is 2.39 bits per heavy atom. The highest BCUT2D eigenvalue weighted by atomic mass is 32.1. The zero-order valence-electron chi connectivity index (χ0n) is 12.4. The molecule has 0 fully saturated rings. The van der Waals surface area contributed by atoms with Gasteiger partial charge in [0.25, 0.3) is 0 Å². The van der Waals surface area contributed by atoms with E-state index < -0.39 is 6.10 Å². The third-order valence-electron chi connectivity index (χ3n) is 2.64. The quantitative estimate of drug-likeness (QED) is 0.860. The first kappa shape index (κ1) is 15.6. The van der Waals surface area contributed by atoms with Crippen LogP contribution in [0.2, 0.25) is 0 Å². The van der Waals surface area contributed by atoms with E-state index in [9.17, 15) is 5.11 Å². The SMILES string of the molecule is CC(O)c1ncc(CNC(C)(C)CC(C)(C)C)s1. The zero-order chi connectivity index (χ0) is 14.0. The molecule has 2 N–H and O–H groups in total. The maximum Gasteiger partial charge on any atom is 0.121 e. The van der Waals surface area contributed by atoms with Crippen molar-refractivity contribution in [3.05, 3.63) is 16.1 Å². The minimum absolute atomic E-state index is 0.104. The fourth-order valence-electron chi connectivity index (χ4n) is 2.31. The first-order chi connectivity index (χ1) is 8.09. The maximum absolute atomic E-state index is 9.45. The van der Waals surface area contributed by atoms with Crippen LogP contribution in [0.3, 0.4) is 0 Å². The first-order valence-electron chi connectivity index (χ1n) is 6.47. The lowest BCUT2D eigenvalue weighted by Crippen LogP contribution is -2.41. The fraction of sp³-hybridized carbons (Fsp3) is 0.786. The van der Waals surface area contributed by atoms with Crippen molar-refractivity contribution in [2.75, 3.05) is 0 Å². The van der Waals surface area contributed by atoms with Gasteiger partial charge >= 0.3 is 0 Å². The van der Waals surface area contributed by atoms with Crippen LogP contribution in [-0.4, -0.2) is 15.6 Å². The third kappa shape index (κ3) is 5.46. The summed E-state index contributed by atoms with van der Waals surface area (Å²) in [5.41, 5.74) is 0.419. The summed E-state index contributed by atoms with van der Waals surface area (Å²) in [7, 11) is 0. The van der Waals surface area contributed by atoms with E-state index in [4.69, 9.17) is 0 Å². The fourth-order valence-corrected chi connectivity index (χ4v) is 3.11. The maximum atomic E-state index is 9.45. The van der Waals surface area contributed by atoms with Gasteiger partial charge in [-0.1, -0.05) is 20.8 Å². The smallest absolute Gasteiger partial charge is 0.121 e. The number of rotatable bonds is 5. The lowest BCUT2D eigenvalue weighted by molar-refractivity contribution is 0.199. The van der Waals surface area contributed by atoms with E-state index >= 15 is 0 Å². The summed E-state index contributed by atoms with van der Waals surface area (Å²) in [6.45, 7) is 13.8. The topological polar surface area (TPSA) is 45.2 Å². The molecule has 0 saturated carbocycles. The van der Waals surface area contributed by atoms with E-state index in [1.807, 2.05) is 6.20 Å². The van der Waals surface area contributed by atoms with Crippen LogP contribution in [0, 0.1) is 5.41 Å². The van der Waals surface area contributed by atoms with Crippen molar-refractivity contribution in [3.8, 4) is 0 Å². The van der Waals surface area contributed by atoms with Crippen molar-refractivity contribution >= 4 is 11.3 Å². The highest BCUT2D eigenvalue weighted by molar-refractivity contribution is 7.11. The van der Waals surface area contributed by atoms with Gasteiger partial charge in [0.1, 0.15) is 11.1 Å². The molecule has 1 rings (SSSR count). The van der Waals surface area contributed by atoms with Crippen LogP contribution in [0.4, 0.5) is 0 Å². The van der Waals surface area contributed by atoms with Gasteiger partial charge in [-0.05, 0) is 32.6 Å². The molecule has 0 aliphatic heterocycles. The molecular formula is C14H26N2OS. The molecule has 104 valence electrons. The van der Waals surface area contributed by atoms with Gasteiger partial charge in [-0.15, -0.1) is 11.3 Å². The summed E-state index contributed by atoms with van der Waals surface area (Å²) in [4.78, 5) is 5.39. The van der Waals surface area contributed by atoms with Gasteiger partial charge in [-0.25, -0.2) is 4.98 Å². The van der Waals surface area contributed by atoms with Crippen molar-refractivity contribution in [2.24, 2.45) is 5.41 Å². The molecule has 1 unspecified atom stereocenters. The number of hydrogen-bond acceptors (Lipinski definition) is 4. The molecule has 1 heterocycles. The number of thiazole rings is 1. The molecule has 0 radical (unpaired) electrons. The van der Waals surface area contributed by atoms with Gasteiger partial charge in [0.15, 0.2) is 0 Å². The molecule has 0 bridgehead atoms. The average molecular weight is 270 g/mol. The Bertz CT molecular complexity index is 377. The van der Waals surface area contributed by atoms with E-state index in [-0.39, 0.29) is 5.54 Å². The van der Waals surface area contributed by atoms with Crippen LogP contribution in [0.1, 0.15) is 64.0 Å². The molecule has 1 aromatic rings. The highest BCUT2D eigenvalue weighted by Crippen LogP contribution is 2.27. The Morgan fingerprint density at radius 2 is 1.94 bits per heavy atom. The van der Waals surface area contributed by atoms with Crippen LogP contribution in [0.5, 0.6) is 0 Å². The van der Waals surface area contributed by atoms with Crippen molar-refractivity contribution in [3.63, 3.8) is 0 Å². The van der Waals surface area contributed by atoms with Gasteiger partial charge in [-0.3, -0.25) is 0 Å². The van der Waals surface area contributed by atoms with Crippen molar-refractivity contribution in [2.45, 2.75) is 66.2 Å². The van der Waals surface area contributed by atoms with E-state index in [1.54, 1.807) is 18.3 Å². The summed E-state index contributed by atoms with van der Waals surface area (Å²) in [5.74, 6) is 0. The van der Waals surface area contributed by atoms with Crippen molar-refractivity contribution in [1.29, 1.82) is 0 Å². The van der Waals surface area contributed by atoms with E-state index in [0.717, 1.165) is 18.0 Å². The molecule has 1 aromatic heterocycles. The van der Waals surface area contributed by atoms with Crippen molar-refractivity contribution in [1.82, 2.24) is 10.3 Å². The van der Waals surface area contributed by atoms with Crippen LogP contribution in [0.15, 0.2) is 6.20 Å². The third-order valence-corrected chi connectivity index (χ3v) is 3.81. The van der Waals surface area contributed by atoms with Gasteiger partial charge in [0.2, 0.25) is 0 Å². The molecule has 3 nitrogen and oxygen atoms in total. The second kappa shape index (κ2) is 5.68. The first-order valence-corrected chi connectivity index (χ1v) is 7.28. The Balaban J connectivity index is 2.53. The Labute approximate surface area is 115 Å². The van der Waals surface area contributed by atoms with Crippen molar-refractivity contribution < 1.29 is 5.11 Å². The van der Waals surface area contributed by atoms with Gasteiger partial charge in [0, 0.05) is 23.2 Å². The molecule has 0 aliphatic rings. The van der Waals surface area contributed by atoms with Gasteiger partial charge in [0.05, 0.1) is 0 Å². The summed E-state index contributed by atoms with van der Waals surface area (Å²) < 4.78 is 0. The molecule has 0 saturated heterocycles. The van der Waals surface area contributed by atoms with Crippen LogP contribution < -0.4 is 5.32 Å². The monoisotopic (exact) mass is 270 g/mol. The molecule has 0 amide bonds. The average Bonchev–Trinajstić information content (AvgIpc) is 2.59. The van der Waals surface area contributed by atoms with Crippen LogP contribution in [0.25, 0.3) is 0 Å².